The molecule has 1 N–H and O–H groups in total. The standard InChI is InChI=1S/C11H15BrFN/c1-7(2)11(14-3)9-5-4-8(12)6-10(9)13/h4-7,11,14H,1-3H3. The van der Waals surface area contributed by atoms with Crippen molar-refractivity contribution in [3.63, 3.8) is 0 Å². The zero-order valence-corrected chi connectivity index (χ0v) is 10.2. The molecule has 0 aliphatic carbocycles. The molecule has 1 nitrogen and oxygen atoms in total. The third-order valence-electron chi connectivity index (χ3n) is 2.28. The average Bonchev–Trinajstić information content (AvgIpc) is 2.09. The van der Waals surface area contributed by atoms with Crippen LogP contribution in [0.5, 0.6) is 0 Å². The highest BCUT2D eigenvalue weighted by atomic mass is 79.9. The van der Waals surface area contributed by atoms with Crippen LogP contribution in [0.2, 0.25) is 0 Å². The highest BCUT2D eigenvalue weighted by Gasteiger charge is 2.17. The van der Waals surface area contributed by atoms with Crippen molar-refractivity contribution in [3.8, 4) is 0 Å². The van der Waals surface area contributed by atoms with E-state index >= 15 is 0 Å². The zero-order chi connectivity index (χ0) is 10.7. The summed E-state index contributed by atoms with van der Waals surface area (Å²) in [5.41, 5.74) is 0.728. The van der Waals surface area contributed by atoms with Gasteiger partial charge in [0.25, 0.3) is 0 Å². The van der Waals surface area contributed by atoms with Gasteiger partial charge >= 0.3 is 0 Å². The fraction of sp³-hybridized carbons (Fsp3) is 0.455. The van der Waals surface area contributed by atoms with Crippen molar-refractivity contribution >= 4 is 15.9 Å². The predicted molar refractivity (Wildman–Crippen MR) is 60.7 cm³/mol. The van der Waals surface area contributed by atoms with E-state index in [1.807, 2.05) is 19.2 Å². The van der Waals surface area contributed by atoms with Crippen LogP contribution in [0.25, 0.3) is 0 Å². The van der Waals surface area contributed by atoms with E-state index in [1.165, 1.54) is 6.07 Å². The summed E-state index contributed by atoms with van der Waals surface area (Å²) in [5, 5.41) is 3.12. The first-order valence-corrected chi connectivity index (χ1v) is 5.47. The highest BCUT2D eigenvalue weighted by Crippen LogP contribution is 2.25. The quantitative estimate of drug-likeness (QED) is 0.877. The molecule has 3 heteroatoms. The summed E-state index contributed by atoms with van der Waals surface area (Å²) >= 11 is 3.24. The second kappa shape index (κ2) is 4.89. The van der Waals surface area contributed by atoms with E-state index in [9.17, 15) is 4.39 Å². The predicted octanol–water partition coefficient (Wildman–Crippen LogP) is 3.50. The molecule has 0 saturated heterocycles. The molecule has 0 radical (unpaired) electrons. The Morgan fingerprint density at radius 2 is 2.00 bits per heavy atom. The first-order chi connectivity index (χ1) is 6.56. The first-order valence-electron chi connectivity index (χ1n) is 4.68. The molecule has 0 saturated carbocycles. The number of hydrogen-bond acceptors (Lipinski definition) is 1. The molecular weight excluding hydrogens is 245 g/mol. The largest absolute Gasteiger partial charge is 0.313 e. The highest BCUT2D eigenvalue weighted by molar-refractivity contribution is 9.10. The van der Waals surface area contributed by atoms with Crippen molar-refractivity contribution in [3.05, 3.63) is 34.1 Å². The number of rotatable bonds is 3. The molecule has 0 heterocycles. The van der Waals surface area contributed by atoms with Crippen LogP contribution in [0.15, 0.2) is 22.7 Å². The molecule has 0 amide bonds. The summed E-state index contributed by atoms with van der Waals surface area (Å²) in [6, 6.07) is 5.26. The molecule has 0 aliphatic rings. The van der Waals surface area contributed by atoms with Crippen molar-refractivity contribution < 1.29 is 4.39 Å². The minimum absolute atomic E-state index is 0.0723. The van der Waals surface area contributed by atoms with E-state index in [1.54, 1.807) is 0 Å². The number of halogens is 2. The number of benzene rings is 1. The van der Waals surface area contributed by atoms with Gasteiger partial charge in [-0.1, -0.05) is 35.8 Å². The van der Waals surface area contributed by atoms with Crippen LogP contribution in [0.1, 0.15) is 25.5 Å². The van der Waals surface area contributed by atoms with Crippen LogP contribution in [-0.4, -0.2) is 7.05 Å². The summed E-state index contributed by atoms with van der Waals surface area (Å²) in [7, 11) is 1.85. The Morgan fingerprint density at radius 3 is 2.43 bits per heavy atom. The molecule has 14 heavy (non-hydrogen) atoms. The molecule has 1 aromatic carbocycles. The second-order valence-corrected chi connectivity index (χ2v) is 4.59. The van der Waals surface area contributed by atoms with Crippen LogP contribution in [-0.2, 0) is 0 Å². The van der Waals surface area contributed by atoms with Crippen LogP contribution >= 0.6 is 15.9 Å². The Balaban J connectivity index is 3.04. The number of hydrogen-bond donors (Lipinski definition) is 1. The fourth-order valence-corrected chi connectivity index (χ4v) is 1.93. The molecule has 1 unspecified atom stereocenters. The second-order valence-electron chi connectivity index (χ2n) is 3.68. The van der Waals surface area contributed by atoms with E-state index in [4.69, 9.17) is 0 Å². The molecule has 78 valence electrons. The fourth-order valence-electron chi connectivity index (χ4n) is 1.60. The van der Waals surface area contributed by atoms with Gasteiger partial charge in [-0.15, -0.1) is 0 Å². The lowest BCUT2D eigenvalue weighted by Crippen LogP contribution is -2.22. The van der Waals surface area contributed by atoms with Gasteiger partial charge in [0.2, 0.25) is 0 Å². The maximum absolute atomic E-state index is 13.6. The molecule has 0 aliphatic heterocycles. The van der Waals surface area contributed by atoms with Crippen LogP contribution in [0.3, 0.4) is 0 Å². The van der Waals surface area contributed by atoms with Gasteiger partial charge in [0.15, 0.2) is 0 Å². The first kappa shape index (κ1) is 11.7. The summed E-state index contributed by atoms with van der Waals surface area (Å²) in [6.07, 6.45) is 0. The minimum atomic E-state index is -0.160. The summed E-state index contributed by atoms with van der Waals surface area (Å²) in [6.45, 7) is 4.14. The van der Waals surface area contributed by atoms with Crippen molar-refractivity contribution in [1.29, 1.82) is 0 Å². The third kappa shape index (κ3) is 2.55. The van der Waals surface area contributed by atoms with E-state index in [-0.39, 0.29) is 11.9 Å². The minimum Gasteiger partial charge on any atom is -0.313 e. The van der Waals surface area contributed by atoms with Crippen LogP contribution < -0.4 is 5.32 Å². The zero-order valence-electron chi connectivity index (χ0n) is 8.64. The van der Waals surface area contributed by atoms with Crippen molar-refractivity contribution in [2.45, 2.75) is 19.9 Å². The lowest BCUT2D eigenvalue weighted by atomic mass is 9.96. The van der Waals surface area contributed by atoms with Gasteiger partial charge in [0.05, 0.1) is 0 Å². The molecule has 0 spiro atoms. The Bertz CT molecular complexity index is 312. The van der Waals surface area contributed by atoms with Gasteiger partial charge in [0, 0.05) is 16.1 Å². The van der Waals surface area contributed by atoms with Gasteiger partial charge in [-0.05, 0) is 25.1 Å². The topological polar surface area (TPSA) is 12.0 Å². The molecule has 0 aromatic heterocycles. The van der Waals surface area contributed by atoms with E-state index in [2.05, 4.69) is 35.1 Å². The van der Waals surface area contributed by atoms with Crippen molar-refractivity contribution in [2.24, 2.45) is 5.92 Å². The third-order valence-corrected chi connectivity index (χ3v) is 2.77. The Kier molecular flexibility index (Phi) is 4.08. The van der Waals surface area contributed by atoms with E-state index in [0.29, 0.717) is 5.92 Å². The van der Waals surface area contributed by atoms with Gasteiger partial charge in [-0.3, -0.25) is 0 Å². The maximum Gasteiger partial charge on any atom is 0.129 e. The Labute approximate surface area is 92.8 Å². The van der Waals surface area contributed by atoms with Crippen molar-refractivity contribution in [1.82, 2.24) is 5.32 Å². The molecule has 0 bridgehead atoms. The average molecular weight is 260 g/mol. The number of nitrogens with one attached hydrogen (secondary N) is 1. The summed E-state index contributed by atoms with van der Waals surface area (Å²) in [4.78, 5) is 0. The lowest BCUT2D eigenvalue weighted by Gasteiger charge is -2.21. The molecular formula is C11H15BrFN. The Hall–Kier alpha value is -0.410. The van der Waals surface area contributed by atoms with Gasteiger partial charge in [-0.25, -0.2) is 4.39 Å². The van der Waals surface area contributed by atoms with Gasteiger partial charge < -0.3 is 5.32 Å². The lowest BCUT2D eigenvalue weighted by molar-refractivity contribution is 0.424. The summed E-state index contributed by atoms with van der Waals surface area (Å²) < 4.78 is 14.4. The Morgan fingerprint density at radius 1 is 1.36 bits per heavy atom. The maximum atomic E-state index is 13.6. The monoisotopic (exact) mass is 259 g/mol. The van der Waals surface area contributed by atoms with Crippen LogP contribution in [0.4, 0.5) is 4.39 Å². The summed E-state index contributed by atoms with van der Waals surface area (Å²) in [5.74, 6) is 0.211. The molecule has 1 aromatic rings. The van der Waals surface area contributed by atoms with Crippen LogP contribution in [0, 0.1) is 11.7 Å². The van der Waals surface area contributed by atoms with Gasteiger partial charge in [-0.2, -0.15) is 0 Å². The molecule has 1 atom stereocenters. The van der Waals surface area contributed by atoms with Crippen molar-refractivity contribution in [2.75, 3.05) is 7.05 Å². The molecule has 0 fully saturated rings. The smallest absolute Gasteiger partial charge is 0.129 e. The normalized spacial score (nSPS) is 13.3. The van der Waals surface area contributed by atoms with Gasteiger partial charge in [0.1, 0.15) is 5.82 Å². The molecule has 1 rings (SSSR count). The SMILES string of the molecule is CNC(c1ccc(Br)cc1F)C(C)C. The van der Waals surface area contributed by atoms with E-state index in [0.717, 1.165) is 10.0 Å². The van der Waals surface area contributed by atoms with E-state index < -0.39 is 0 Å².